The number of nitrogens with zero attached hydrogens (tertiary/aromatic N) is 2. The third-order valence-corrected chi connectivity index (χ3v) is 2.49. The lowest BCUT2D eigenvalue weighted by Gasteiger charge is -2.07. The van der Waals surface area contributed by atoms with Gasteiger partial charge >= 0.3 is 0 Å². The van der Waals surface area contributed by atoms with Crippen LogP contribution in [0.3, 0.4) is 0 Å². The van der Waals surface area contributed by atoms with Gasteiger partial charge in [-0.05, 0) is 25.8 Å². The van der Waals surface area contributed by atoms with E-state index in [1.54, 1.807) is 24.0 Å². The number of aromatic nitrogens is 2. The fourth-order valence-electron chi connectivity index (χ4n) is 1.71. The van der Waals surface area contributed by atoms with E-state index >= 15 is 0 Å². The van der Waals surface area contributed by atoms with Gasteiger partial charge < -0.3 is 4.74 Å². The van der Waals surface area contributed by atoms with Gasteiger partial charge in [-0.3, -0.25) is 9.48 Å². The molecule has 0 aromatic carbocycles. The standard InChI is InChI=1S/C10H14N2O2/c1-7-3-4-9(14-7)10(13)8-5-6-12(2)11-8/h5-7,9H,3-4H2,1-2H3. The Morgan fingerprint density at radius 2 is 2.43 bits per heavy atom. The maximum absolute atomic E-state index is 11.8. The van der Waals surface area contributed by atoms with E-state index in [0.717, 1.165) is 12.8 Å². The number of carbonyl (C=O) groups excluding carboxylic acids is 1. The quantitative estimate of drug-likeness (QED) is 0.664. The Hall–Kier alpha value is -1.16. The van der Waals surface area contributed by atoms with Crippen molar-refractivity contribution in [1.29, 1.82) is 0 Å². The van der Waals surface area contributed by atoms with Crippen molar-refractivity contribution in [1.82, 2.24) is 9.78 Å². The van der Waals surface area contributed by atoms with Crippen LogP contribution in [-0.2, 0) is 11.8 Å². The lowest BCUT2D eigenvalue weighted by atomic mass is 10.1. The summed E-state index contributed by atoms with van der Waals surface area (Å²) < 4.78 is 7.12. The van der Waals surface area contributed by atoms with Crippen molar-refractivity contribution in [3.63, 3.8) is 0 Å². The Balaban J connectivity index is 2.09. The van der Waals surface area contributed by atoms with Gasteiger partial charge in [0.2, 0.25) is 5.78 Å². The number of rotatable bonds is 2. The largest absolute Gasteiger partial charge is 0.367 e. The summed E-state index contributed by atoms with van der Waals surface area (Å²) in [6, 6.07) is 1.73. The summed E-state index contributed by atoms with van der Waals surface area (Å²) in [6.07, 6.45) is 3.47. The lowest BCUT2D eigenvalue weighted by Crippen LogP contribution is -2.21. The van der Waals surface area contributed by atoms with E-state index in [-0.39, 0.29) is 18.0 Å². The highest BCUT2D eigenvalue weighted by molar-refractivity contribution is 5.97. The first-order valence-corrected chi connectivity index (χ1v) is 4.86. The summed E-state index contributed by atoms with van der Waals surface area (Å²) in [6.45, 7) is 1.99. The summed E-state index contributed by atoms with van der Waals surface area (Å²) in [4.78, 5) is 11.8. The van der Waals surface area contributed by atoms with Gasteiger partial charge in [-0.15, -0.1) is 0 Å². The van der Waals surface area contributed by atoms with E-state index in [1.165, 1.54) is 0 Å². The SMILES string of the molecule is CC1CCC(C(=O)c2ccn(C)n2)O1. The fourth-order valence-corrected chi connectivity index (χ4v) is 1.71. The lowest BCUT2D eigenvalue weighted by molar-refractivity contribution is 0.0428. The first-order chi connectivity index (χ1) is 6.66. The summed E-state index contributed by atoms with van der Waals surface area (Å²) >= 11 is 0. The smallest absolute Gasteiger partial charge is 0.211 e. The van der Waals surface area contributed by atoms with Crippen LogP contribution in [0.1, 0.15) is 30.3 Å². The Labute approximate surface area is 82.9 Å². The minimum Gasteiger partial charge on any atom is -0.367 e. The van der Waals surface area contributed by atoms with Gasteiger partial charge in [-0.1, -0.05) is 0 Å². The highest BCUT2D eigenvalue weighted by Crippen LogP contribution is 2.21. The van der Waals surface area contributed by atoms with Crippen LogP contribution in [-0.4, -0.2) is 27.8 Å². The molecule has 0 N–H and O–H groups in total. The molecule has 0 radical (unpaired) electrons. The number of hydrogen-bond acceptors (Lipinski definition) is 3. The van der Waals surface area contributed by atoms with Crippen molar-refractivity contribution in [3.05, 3.63) is 18.0 Å². The van der Waals surface area contributed by atoms with Gasteiger partial charge in [0.1, 0.15) is 11.8 Å². The number of carbonyl (C=O) groups is 1. The zero-order valence-corrected chi connectivity index (χ0v) is 8.43. The topological polar surface area (TPSA) is 44.1 Å². The van der Waals surface area contributed by atoms with Crippen molar-refractivity contribution >= 4 is 5.78 Å². The van der Waals surface area contributed by atoms with Crippen molar-refractivity contribution in [2.24, 2.45) is 7.05 Å². The first kappa shape index (κ1) is 9.40. The molecule has 0 aliphatic carbocycles. The molecular weight excluding hydrogens is 180 g/mol. The zero-order chi connectivity index (χ0) is 10.1. The molecule has 1 fully saturated rings. The highest BCUT2D eigenvalue weighted by Gasteiger charge is 2.29. The molecule has 0 amide bonds. The molecule has 2 unspecified atom stereocenters. The molecule has 0 bridgehead atoms. The van der Waals surface area contributed by atoms with Gasteiger partial charge in [-0.25, -0.2) is 0 Å². The number of aryl methyl sites for hydroxylation is 1. The number of ether oxygens (including phenoxy) is 1. The molecular formula is C10H14N2O2. The van der Waals surface area contributed by atoms with E-state index in [1.807, 2.05) is 6.92 Å². The number of hydrogen-bond donors (Lipinski definition) is 0. The Kier molecular flexibility index (Phi) is 2.37. The Morgan fingerprint density at radius 1 is 1.64 bits per heavy atom. The first-order valence-electron chi connectivity index (χ1n) is 4.86. The van der Waals surface area contributed by atoms with Crippen LogP contribution in [0.4, 0.5) is 0 Å². The summed E-state index contributed by atoms with van der Waals surface area (Å²) in [5.74, 6) is 0.00921. The normalized spacial score (nSPS) is 26.7. The monoisotopic (exact) mass is 194 g/mol. The molecule has 1 aliphatic rings. The molecule has 1 saturated heterocycles. The maximum atomic E-state index is 11.8. The van der Waals surface area contributed by atoms with Crippen molar-refractivity contribution in [2.75, 3.05) is 0 Å². The van der Waals surface area contributed by atoms with Gasteiger partial charge in [0, 0.05) is 13.2 Å². The second-order valence-corrected chi connectivity index (χ2v) is 3.75. The minimum atomic E-state index is -0.278. The number of ketones is 1. The zero-order valence-electron chi connectivity index (χ0n) is 8.43. The third-order valence-electron chi connectivity index (χ3n) is 2.49. The average Bonchev–Trinajstić information content (AvgIpc) is 2.73. The van der Waals surface area contributed by atoms with Crippen molar-refractivity contribution in [2.45, 2.75) is 32.0 Å². The van der Waals surface area contributed by atoms with E-state index in [2.05, 4.69) is 5.10 Å². The van der Waals surface area contributed by atoms with Gasteiger partial charge in [-0.2, -0.15) is 5.10 Å². The second-order valence-electron chi connectivity index (χ2n) is 3.75. The summed E-state index contributed by atoms with van der Waals surface area (Å²) in [5.41, 5.74) is 0.506. The van der Waals surface area contributed by atoms with Crippen LogP contribution in [0.15, 0.2) is 12.3 Å². The maximum Gasteiger partial charge on any atom is 0.211 e. The van der Waals surface area contributed by atoms with Crippen LogP contribution in [0, 0.1) is 0 Å². The molecule has 0 saturated carbocycles. The predicted octanol–water partition coefficient (Wildman–Crippen LogP) is 1.17. The van der Waals surface area contributed by atoms with Crippen molar-refractivity contribution < 1.29 is 9.53 Å². The molecule has 2 rings (SSSR count). The van der Waals surface area contributed by atoms with Crippen LogP contribution in [0.2, 0.25) is 0 Å². The minimum absolute atomic E-state index is 0.00921. The molecule has 76 valence electrons. The van der Waals surface area contributed by atoms with E-state index < -0.39 is 0 Å². The molecule has 14 heavy (non-hydrogen) atoms. The van der Waals surface area contributed by atoms with Gasteiger partial charge in [0.25, 0.3) is 0 Å². The van der Waals surface area contributed by atoms with Gasteiger partial charge in [0.15, 0.2) is 0 Å². The van der Waals surface area contributed by atoms with E-state index in [4.69, 9.17) is 4.74 Å². The Bertz CT molecular complexity index is 346. The molecule has 0 spiro atoms. The van der Waals surface area contributed by atoms with Crippen LogP contribution >= 0.6 is 0 Å². The van der Waals surface area contributed by atoms with E-state index in [0.29, 0.717) is 5.69 Å². The number of Topliss-reactive ketones (excluding diaryl/α,β-unsaturated/α-hetero) is 1. The average molecular weight is 194 g/mol. The highest BCUT2D eigenvalue weighted by atomic mass is 16.5. The summed E-state index contributed by atoms with van der Waals surface area (Å²) in [5, 5.41) is 4.07. The molecule has 4 nitrogen and oxygen atoms in total. The van der Waals surface area contributed by atoms with Crippen molar-refractivity contribution in [3.8, 4) is 0 Å². The van der Waals surface area contributed by atoms with E-state index in [9.17, 15) is 4.79 Å². The third kappa shape index (κ3) is 1.70. The predicted molar refractivity (Wildman–Crippen MR) is 51.1 cm³/mol. The summed E-state index contributed by atoms with van der Waals surface area (Å²) in [7, 11) is 1.80. The molecule has 2 heterocycles. The molecule has 1 aromatic rings. The fraction of sp³-hybridized carbons (Fsp3) is 0.600. The van der Waals surface area contributed by atoms with Crippen LogP contribution in [0.25, 0.3) is 0 Å². The molecule has 1 aromatic heterocycles. The van der Waals surface area contributed by atoms with Crippen LogP contribution < -0.4 is 0 Å². The van der Waals surface area contributed by atoms with Gasteiger partial charge in [0.05, 0.1) is 6.10 Å². The molecule has 1 aliphatic heterocycles. The molecule has 2 atom stereocenters. The molecule has 4 heteroatoms. The van der Waals surface area contributed by atoms with Crippen LogP contribution in [0.5, 0.6) is 0 Å². The Morgan fingerprint density at radius 3 is 2.93 bits per heavy atom. The second kappa shape index (κ2) is 3.53.